The first-order valence-corrected chi connectivity index (χ1v) is 10.6. The van der Waals surface area contributed by atoms with Crippen LogP contribution in [0.2, 0.25) is 0 Å². The number of rotatable bonds is 9. The predicted molar refractivity (Wildman–Crippen MR) is 128 cm³/mol. The molecule has 0 saturated heterocycles. The number of aromatic nitrogens is 1. The molecule has 34 heavy (non-hydrogen) atoms. The first-order chi connectivity index (χ1) is 15.7. The second kappa shape index (κ2) is 11.4. The summed E-state index contributed by atoms with van der Waals surface area (Å²) in [5, 5.41) is 11.8. The third kappa shape index (κ3) is 5.69. The molecule has 3 rings (SSSR count). The number of amides is 1. The number of nitrogens with zero attached hydrogens (tertiary/aromatic N) is 4. The van der Waals surface area contributed by atoms with Gasteiger partial charge in [0.1, 0.15) is 16.9 Å². The standard InChI is InChI=1S/C21H22F2N4O5S.ClH/c1-25(2)6-5-7-26(21-24-19-14(23)8-12(22)9-18(19)33-21)20(28)13-10-16(31-3)17(32-4)11-15(13)27(29)30;/h8-11H,5-7H2,1-4H3;1H. The lowest BCUT2D eigenvalue weighted by Crippen LogP contribution is -2.34. The zero-order valence-corrected chi connectivity index (χ0v) is 20.5. The van der Waals surface area contributed by atoms with Gasteiger partial charge in [-0.05, 0) is 33.1 Å². The van der Waals surface area contributed by atoms with E-state index in [1.807, 2.05) is 19.0 Å². The van der Waals surface area contributed by atoms with E-state index >= 15 is 0 Å². The Balaban J connectivity index is 0.00000408. The largest absolute Gasteiger partial charge is 0.493 e. The molecule has 0 aliphatic heterocycles. The molecule has 0 radical (unpaired) electrons. The number of nitro groups is 1. The van der Waals surface area contributed by atoms with Gasteiger partial charge in [-0.1, -0.05) is 11.3 Å². The highest BCUT2D eigenvalue weighted by molar-refractivity contribution is 7.22. The predicted octanol–water partition coefficient (Wildman–Crippen LogP) is 4.52. The number of hydrogen-bond donors (Lipinski definition) is 0. The summed E-state index contributed by atoms with van der Waals surface area (Å²) in [6, 6.07) is 4.17. The second-order valence-corrected chi connectivity index (χ2v) is 8.33. The van der Waals surface area contributed by atoms with Gasteiger partial charge < -0.3 is 14.4 Å². The molecule has 1 aromatic heterocycles. The summed E-state index contributed by atoms with van der Waals surface area (Å²) < 4.78 is 38.4. The van der Waals surface area contributed by atoms with Crippen LogP contribution < -0.4 is 14.4 Å². The minimum absolute atomic E-state index is 0. The summed E-state index contributed by atoms with van der Waals surface area (Å²) in [6.07, 6.45) is 0.507. The van der Waals surface area contributed by atoms with Gasteiger partial charge in [0.2, 0.25) is 0 Å². The number of anilines is 1. The molecular formula is C21H23ClF2N4O5S. The van der Waals surface area contributed by atoms with E-state index in [2.05, 4.69) is 4.98 Å². The molecule has 1 amide bonds. The van der Waals surface area contributed by atoms with Crippen LogP contribution >= 0.6 is 23.7 Å². The summed E-state index contributed by atoms with van der Waals surface area (Å²) in [5.74, 6) is -2.11. The fourth-order valence-electron chi connectivity index (χ4n) is 3.23. The van der Waals surface area contributed by atoms with Crippen molar-refractivity contribution in [3.8, 4) is 11.5 Å². The zero-order valence-electron chi connectivity index (χ0n) is 18.8. The average molecular weight is 517 g/mol. The van der Waals surface area contributed by atoms with Gasteiger partial charge in [0.15, 0.2) is 22.4 Å². The van der Waals surface area contributed by atoms with E-state index in [1.54, 1.807) is 0 Å². The Morgan fingerprint density at radius 2 is 1.76 bits per heavy atom. The number of ether oxygens (including phenoxy) is 2. The monoisotopic (exact) mass is 516 g/mol. The minimum Gasteiger partial charge on any atom is -0.493 e. The summed E-state index contributed by atoms with van der Waals surface area (Å²) in [7, 11) is 6.39. The Labute approximate surface area is 204 Å². The lowest BCUT2D eigenvalue weighted by Gasteiger charge is -2.21. The topological polar surface area (TPSA) is 98.0 Å². The number of carbonyl (C=O) groups excluding carboxylic acids is 1. The van der Waals surface area contributed by atoms with Crippen LogP contribution in [-0.4, -0.2) is 62.1 Å². The van der Waals surface area contributed by atoms with Crippen molar-refractivity contribution in [2.75, 3.05) is 46.3 Å². The van der Waals surface area contributed by atoms with E-state index in [-0.39, 0.29) is 51.4 Å². The summed E-state index contributed by atoms with van der Waals surface area (Å²) >= 11 is 0.922. The molecule has 0 atom stereocenters. The Kier molecular flexibility index (Phi) is 9.07. The number of nitro benzene ring substituents is 1. The van der Waals surface area contributed by atoms with E-state index < -0.39 is 28.2 Å². The second-order valence-electron chi connectivity index (χ2n) is 7.33. The van der Waals surface area contributed by atoms with E-state index in [1.165, 1.54) is 25.2 Å². The number of carbonyl (C=O) groups is 1. The molecule has 0 spiro atoms. The molecule has 0 aliphatic carbocycles. The highest BCUT2D eigenvalue weighted by Crippen LogP contribution is 2.37. The van der Waals surface area contributed by atoms with Crippen molar-refractivity contribution in [3.63, 3.8) is 0 Å². The van der Waals surface area contributed by atoms with Crippen LogP contribution in [0.15, 0.2) is 24.3 Å². The van der Waals surface area contributed by atoms with Crippen LogP contribution in [-0.2, 0) is 0 Å². The van der Waals surface area contributed by atoms with Crippen LogP contribution in [0.3, 0.4) is 0 Å². The molecule has 0 bridgehead atoms. The Hall–Kier alpha value is -3.09. The molecule has 1 heterocycles. The van der Waals surface area contributed by atoms with Crippen molar-refractivity contribution >= 4 is 50.7 Å². The van der Waals surface area contributed by atoms with Gasteiger partial charge in [-0.25, -0.2) is 13.8 Å². The maximum atomic E-state index is 14.2. The van der Waals surface area contributed by atoms with Gasteiger partial charge in [0.25, 0.3) is 11.6 Å². The number of methoxy groups -OCH3 is 2. The van der Waals surface area contributed by atoms with Gasteiger partial charge in [-0.15, -0.1) is 12.4 Å². The van der Waals surface area contributed by atoms with Crippen LogP contribution in [0.4, 0.5) is 19.6 Å². The lowest BCUT2D eigenvalue weighted by atomic mass is 10.1. The fourth-order valence-corrected chi connectivity index (χ4v) is 4.26. The Bertz CT molecular complexity index is 1210. The highest BCUT2D eigenvalue weighted by atomic mass is 35.5. The lowest BCUT2D eigenvalue weighted by molar-refractivity contribution is -0.385. The Morgan fingerprint density at radius 1 is 1.12 bits per heavy atom. The van der Waals surface area contributed by atoms with Crippen molar-refractivity contribution in [2.24, 2.45) is 0 Å². The smallest absolute Gasteiger partial charge is 0.286 e. The number of hydrogen-bond acceptors (Lipinski definition) is 8. The molecule has 13 heteroatoms. The molecule has 2 aromatic carbocycles. The maximum absolute atomic E-state index is 14.2. The van der Waals surface area contributed by atoms with Gasteiger partial charge >= 0.3 is 0 Å². The van der Waals surface area contributed by atoms with Gasteiger partial charge in [-0.2, -0.15) is 0 Å². The van der Waals surface area contributed by atoms with Crippen molar-refractivity contribution in [1.29, 1.82) is 0 Å². The van der Waals surface area contributed by atoms with E-state index in [0.717, 1.165) is 23.5 Å². The number of thiazole rings is 1. The van der Waals surface area contributed by atoms with Gasteiger partial charge in [-0.3, -0.25) is 19.8 Å². The van der Waals surface area contributed by atoms with Crippen LogP contribution in [0.1, 0.15) is 16.8 Å². The highest BCUT2D eigenvalue weighted by Gasteiger charge is 2.30. The minimum atomic E-state index is -0.856. The van der Waals surface area contributed by atoms with E-state index in [4.69, 9.17) is 9.47 Å². The van der Waals surface area contributed by atoms with Crippen molar-refractivity contribution in [1.82, 2.24) is 9.88 Å². The van der Waals surface area contributed by atoms with Crippen molar-refractivity contribution in [2.45, 2.75) is 6.42 Å². The SMILES string of the molecule is COc1cc(C(=O)N(CCCN(C)C)c2nc3c(F)cc(F)cc3s2)c([N+](=O)[O-])cc1OC.Cl. The summed E-state index contributed by atoms with van der Waals surface area (Å²) in [6.45, 7) is 0.762. The molecule has 0 fully saturated rings. The quantitative estimate of drug-likeness (QED) is 0.304. The molecule has 0 unspecified atom stereocenters. The third-order valence-electron chi connectivity index (χ3n) is 4.79. The number of benzene rings is 2. The van der Waals surface area contributed by atoms with E-state index in [0.29, 0.717) is 19.0 Å². The fraction of sp³-hybridized carbons (Fsp3) is 0.333. The number of halogens is 3. The molecule has 0 N–H and O–H groups in total. The normalized spacial score (nSPS) is 10.8. The zero-order chi connectivity index (χ0) is 24.3. The van der Waals surface area contributed by atoms with Crippen LogP contribution in [0.25, 0.3) is 10.2 Å². The van der Waals surface area contributed by atoms with Crippen molar-refractivity contribution in [3.05, 3.63) is 51.6 Å². The third-order valence-corrected chi connectivity index (χ3v) is 5.82. The molecule has 0 saturated carbocycles. The molecule has 3 aromatic rings. The molecule has 9 nitrogen and oxygen atoms in total. The molecular weight excluding hydrogens is 494 g/mol. The van der Waals surface area contributed by atoms with Crippen LogP contribution in [0, 0.1) is 21.7 Å². The van der Waals surface area contributed by atoms with Gasteiger partial charge in [0.05, 0.1) is 29.9 Å². The first kappa shape index (κ1) is 27.2. The van der Waals surface area contributed by atoms with Gasteiger partial charge in [0, 0.05) is 18.7 Å². The Morgan fingerprint density at radius 3 is 2.35 bits per heavy atom. The van der Waals surface area contributed by atoms with Crippen molar-refractivity contribution < 1.29 is 28.0 Å². The molecule has 184 valence electrons. The van der Waals surface area contributed by atoms with E-state index in [9.17, 15) is 23.7 Å². The average Bonchev–Trinajstić information content (AvgIpc) is 3.18. The summed E-state index contributed by atoms with van der Waals surface area (Å²) in [4.78, 5) is 31.9. The number of fused-ring (bicyclic) bond motifs is 1. The molecule has 0 aliphatic rings. The maximum Gasteiger partial charge on any atom is 0.286 e. The summed E-state index contributed by atoms with van der Waals surface area (Å²) in [5.41, 5.74) is -0.800. The van der Waals surface area contributed by atoms with Crippen LogP contribution in [0.5, 0.6) is 11.5 Å². The first-order valence-electron chi connectivity index (χ1n) is 9.78.